The zero-order chi connectivity index (χ0) is 15.6. The highest BCUT2D eigenvalue weighted by Gasteiger charge is 2.30. The molecule has 0 bridgehead atoms. The number of nitrogens with two attached hydrogens (primary N) is 1. The van der Waals surface area contributed by atoms with Crippen molar-refractivity contribution in [2.45, 2.75) is 38.1 Å². The van der Waals surface area contributed by atoms with Crippen LogP contribution in [-0.2, 0) is 10.0 Å². The van der Waals surface area contributed by atoms with Gasteiger partial charge in [-0.3, -0.25) is 0 Å². The van der Waals surface area contributed by atoms with Gasteiger partial charge < -0.3 is 10.8 Å². The van der Waals surface area contributed by atoms with Crippen LogP contribution in [0.25, 0.3) is 0 Å². The van der Waals surface area contributed by atoms with Gasteiger partial charge in [0.05, 0.1) is 5.69 Å². The highest BCUT2D eigenvalue weighted by atomic mass is 32.2. The number of sulfonamides is 1. The van der Waals surface area contributed by atoms with Gasteiger partial charge >= 0.3 is 0 Å². The number of benzene rings is 1. The average Bonchev–Trinajstić information content (AvgIpc) is 2.26. The topological polar surface area (TPSA) is 92.4 Å². The molecule has 0 radical (unpaired) electrons. The number of nitrogen functional groups attached to an aromatic ring is 1. The van der Waals surface area contributed by atoms with Gasteiger partial charge in [-0.15, -0.1) is 0 Å². The van der Waals surface area contributed by atoms with Crippen LogP contribution in [0.2, 0.25) is 0 Å². The molecule has 20 heavy (non-hydrogen) atoms. The number of aliphatic hydroxyl groups is 1. The number of hydrogen-bond donors (Lipinski definition) is 3. The number of hydrogen-bond acceptors (Lipinski definition) is 4. The van der Waals surface area contributed by atoms with Crippen molar-refractivity contribution in [2.75, 3.05) is 12.3 Å². The lowest BCUT2D eigenvalue weighted by atomic mass is 9.86. The second-order valence-corrected chi connectivity index (χ2v) is 7.42. The van der Waals surface area contributed by atoms with E-state index in [-0.39, 0.29) is 29.0 Å². The first-order valence-corrected chi connectivity index (χ1v) is 7.74. The van der Waals surface area contributed by atoms with E-state index in [1.807, 2.05) is 20.8 Å². The lowest BCUT2D eigenvalue weighted by molar-refractivity contribution is 0.214. The fourth-order valence-corrected chi connectivity index (χ4v) is 3.40. The molecule has 1 aromatic carbocycles. The van der Waals surface area contributed by atoms with Crippen molar-refractivity contribution in [3.8, 4) is 0 Å². The number of anilines is 1. The van der Waals surface area contributed by atoms with Crippen LogP contribution in [0.5, 0.6) is 0 Å². The molecule has 0 spiro atoms. The molecular weight excluding hydrogens is 283 g/mol. The summed E-state index contributed by atoms with van der Waals surface area (Å²) < 4.78 is 40.1. The van der Waals surface area contributed by atoms with Gasteiger partial charge in [-0.1, -0.05) is 20.8 Å². The van der Waals surface area contributed by atoms with E-state index < -0.39 is 21.9 Å². The largest absolute Gasteiger partial charge is 0.398 e. The Morgan fingerprint density at radius 2 is 2.00 bits per heavy atom. The van der Waals surface area contributed by atoms with Crippen LogP contribution in [0.3, 0.4) is 0 Å². The monoisotopic (exact) mass is 304 g/mol. The molecule has 0 aliphatic heterocycles. The quantitative estimate of drug-likeness (QED) is 0.718. The van der Waals surface area contributed by atoms with Crippen LogP contribution in [-0.4, -0.2) is 26.2 Å². The maximum atomic E-state index is 13.0. The van der Waals surface area contributed by atoms with Crippen LogP contribution in [0.4, 0.5) is 10.1 Å². The van der Waals surface area contributed by atoms with E-state index in [9.17, 15) is 12.8 Å². The molecular formula is C13H21FN2O3S. The summed E-state index contributed by atoms with van der Waals surface area (Å²) in [7, 11) is -3.87. The third-order valence-electron chi connectivity index (χ3n) is 3.02. The SMILES string of the molecule is CC(C)(C)C(CCO)NS(=O)(=O)c1ccc(F)cc1N. The Morgan fingerprint density at radius 3 is 2.45 bits per heavy atom. The second-order valence-electron chi connectivity index (χ2n) is 5.73. The molecule has 0 heterocycles. The van der Waals surface area contributed by atoms with Gasteiger partial charge in [-0.25, -0.2) is 17.5 Å². The van der Waals surface area contributed by atoms with E-state index in [1.165, 1.54) is 0 Å². The molecule has 7 heteroatoms. The third kappa shape index (κ3) is 4.16. The molecule has 0 amide bonds. The van der Waals surface area contributed by atoms with Gasteiger partial charge in [0.25, 0.3) is 0 Å². The normalized spacial score (nSPS) is 14.2. The molecule has 0 aromatic heterocycles. The van der Waals surface area contributed by atoms with E-state index in [1.54, 1.807) is 0 Å². The van der Waals surface area contributed by atoms with E-state index in [4.69, 9.17) is 10.8 Å². The zero-order valence-electron chi connectivity index (χ0n) is 11.9. The first-order valence-electron chi connectivity index (χ1n) is 6.26. The maximum Gasteiger partial charge on any atom is 0.242 e. The summed E-state index contributed by atoms with van der Waals surface area (Å²) in [5.74, 6) is -0.593. The van der Waals surface area contributed by atoms with Gasteiger partial charge in [0.15, 0.2) is 0 Å². The smallest absolute Gasteiger partial charge is 0.242 e. The fraction of sp³-hybridized carbons (Fsp3) is 0.538. The van der Waals surface area contributed by atoms with E-state index in [0.717, 1.165) is 18.2 Å². The number of halogens is 1. The van der Waals surface area contributed by atoms with Gasteiger partial charge in [0.1, 0.15) is 10.7 Å². The van der Waals surface area contributed by atoms with Crippen LogP contribution in [0.1, 0.15) is 27.2 Å². The molecule has 0 saturated carbocycles. The molecule has 0 saturated heterocycles. The third-order valence-corrected chi connectivity index (χ3v) is 4.57. The van der Waals surface area contributed by atoms with Crippen molar-refractivity contribution in [1.29, 1.82) is 0 Å². The van der Waals surface area contributed by atoms with Crippen molar-refractivity contribution in [2.24, 2.45) is 5.41 Å². The van der Waals surface area contributed by atoms with Crippen molar-refractivity contribution in [1.82, 2.24) is 4.72 Å². The van der Waals surface area contributed by atoms with Gasteiger partial charge in [-0.2, -0.15) is 0 Å². The molecule has 114 valence electrons. The molecule has 0 aliphatic carbocycles. The Labute approximate surface area is 119 Å². The second kappa shape index (κ2) is 6.07. The Kier molecular flexibility index (Phi) is 5.12. The summed E-state index contributed by atoms with van der Waals surface area (Å²) in [6.45, 7) is 5.46. The highest BCUT2D eigenvalue weighted by Crippen LogP contribution is 2.25. The van der Waals surface area contributed by atoms with Crippen molar-refractivity contribution in [3.63, 3.8) is 0 Å². The van der Waals surface area contributed by atoms with E-state index >= 15 is 0 Å². The minimum atomic E-state index is -3.87. The first-order chi connectivity index (χ1) is 9.08. The lowest BCUT2D eigenvalue weighted by Gasteiger charge is -2.31. The average molecular weight is 304 g/mol. The maximum absolute atomic E-state index is 13.0. The summed E-state index contributed by atoms with van der Waals surface area (Å²) in [6, 6.07) is 2.68. The van der Waals surface area contributed by atoms with Crippen molar-refractivity contribution in [3.05, 3.63) is 24.0 Å². The lowest BCUT2D eigenvalue weighted by Crippen LogP contribution is -2.44. The number of rotatable bonds is 5. The summed E-state index contributed by atoms with van der Waals surface area (Å²) in [5.41, 5.74) is 5.04. The van der Waals surface area contributed by atoms with Gasteiger partial charge in [0, 0.05) is 12.6 Å². The molecule has 1 rings (SSSR count). The molecule has 0 aliphatic rings. The van der Waals surface area contributed by atoms with Crippen molar-refractivity contribution < 1.29 is 17.9 Å². The van der Waals surface area contributed by atoms with Gasteiger partial charge in [0.2, 0.25) is 10.0 Å². The molecule has 0 fully saturated rings. The highest BCUT2D eigenvalue weighted by molar-refractivity contribution is 7.89. The van der Waals surface area contributed by atoms with Crippen LogP contribution < -0.4 is 10.5 Å². The summed E-state index contributed by atoms with van der Waals surface area (Å²) in [6.07, 6.45) is 0.282. The molecule has 5 nitrogen and oxygen atoms in total. The predicted octanol–water partition coefficient (Wildman–Crippen LogP) is 1.48. The minimum absolute atomic E-state index is 0.136. The Bertz CT molecular complexity index is 567. The van der Waals surface area contributed by atoms with E-state index in [2.05, 4.69) is 4.72 Å². The number of aliphatic hydroxyl groups excluding tert-OH is 1. The standard InChI is InChI=1S/C13H21FN2O3S/c1-13(2,3)12(6-7-17)16-20(18,19)11-5-4-9(14)8-10(11)15/h4-5,8,12,16-17H,6-7,15H2,1-3H3. The fourth-order valence-electron chi connectivity index (χ4n) is 1.81. The zero-order valence-corrected chi connectivity index (χ0v) is 12.7. The minimum Gasteiger partial charge on any atom is -0.398 e. The van der Waals surface area contributed by atoms with E-state index in [0.29, 0.717) is 0 Å². The summed E-state index contributed by atoms with van der Waals surface area (Å²) in [4.78, 5) is -0.161. The van der Waals surface area contributed by atoms with Crippen molar-refractivity contribution >= 4 is 15.7 Å². The summed E-state index contributed by atoms with van der Waals surface area (Å²) >= 11 is 0. The number of nitrogens with one attached hydrogen (secondary N) is 1. The Hall–Kier alpha value is -1.18. The van der Waals surface area contributed by atoms with Crippen LogP contribution in [0.15, 0.2) is 23.1 Å². The Balaban J connectivity index is 3.10. The van der Waals surface area contributed by atoms with Crippen LogP contribution >= 0.6 is 0 Å². The molecule has 4 N–H and O–H groups in total. The molecule has 1 atom stereocenters. The molecule has 1 aromatic rings. The van der Waals surface area contributed by atoms with Crippen LogP contribution in [0, 0.1) is 11.2 Å². The summed E-state index contributed by atoms with van der Waals surface area (Å²) in [5, 5.41) is 9.05. The Morgan fingerprint density at radius 1 is 1.40 bits per heavy atom. The predicted molar refractivity (Wildman–Crippen MR) is 76.1 cm³/mol. The first kappa shape index (κ1) is 16.9. The van der Waals surface area contributed by atoms with Gasteiger partial charge in [-0.05, 0) is 30.0 Å². The molecule has 1 unspecified atom stereocenters.